The Balaban J connectivity index is 1.48. The third kappa shape index (κ3) is 5.93. The largest absolute Gasteiger partial charge is 0.497 e. The molecule has 3 heterocycles. The van der Waals surface area contributed by atoms with Crippen molar-refractivity contribution >= 4 is 11.8 Å². The van der Waals surface area contributed by atoms with E-state index >= 15 is 0 Å². The summed E-state index contributed by atoms with van der Waals surface area (Å²) < 4.78 is 7.19. The summed E-state index contributed by atoms with van der Waals surface area (Å²) >= 11 is 0. The zero-order chi connectivity index (χ0) is 25.7. The predicted octanol–water partition coefficient (Wildman–Crippen LogP) is 3.53. The highest BCUT2D eigenvalue weighted by Gasteiger charge is 2.33. The van der Waals surface area contributed by atoms with Crippen molar-refractivity contribution in [2.24, 2.45) is 5.92 Å². The van der Waals surface area contributed by atoms with Gasteiger partial charge in [0.15, 0.2) is 0 Å². The van der Waals surface area contributed by atoms with Gasteiger partial charge in [-0.15, -0.1) is 0 Å². The number of ether oxygens (including phenoxy) is 1. The lowest BCUT2D eigenvalue weighted by Gasteiger charge is -2.40. The van der Waals surface area contributed by atoms with Gasteiger partial charge in [-0.1, -0.05) is 12.1 Å². The number of benzene rings is 1. The maximum absolute atomic E-state index is 13.3. The van der Waals surface area contributed by atoms with Gasteiger partial charge in [0, 0.05) is 44.3 Å². The fourth-order valence-corrected chi connectivity index (χ4v) is 5.10. The number of likely N-dealkylation sites (N-methyl/N-ethyl adjacent to an activating group) is 1. The van der Waals surface area contributed by atoms with Gasteiger partial charge in [-0.3, -0.25) is 19.3 Å². The van der Waals surface area contributed by atoms with Crippen LogP contribution >= 0.6 is 0 Å². The Labute approximate surface area is 212 Å². The van der Waals surface area contributed by atoms with Gasteiger partial charge in [-0.25, -0.2) is 0 Å². The van der Waals surface area contributed by atoms with E-state index in [4.69, 9.17) is 4.74 Å². The molecule has 0 bridgehead atoms. The van der Waals surface area contributed by atoms with E-state index in [1.165, 1.54) is 0 Å². The average Bonchev–Trinajstić information content (AvgIpc) is 3.23. The van der Waals surface area contributed by atoms with Crippen LogP contribution in [-0.2, 0) is 17.8 Å². The number of amides is 2. The maximum Gasteiger partial charge on any atom is 0.255 e. The molecule has 190 valence electrons. The fraction of sp³-hybridized carbons (Fsp3) is 0.429. The van der Waals surface area contributed by atoms with Crippen LogP contribution in [0.1, 0.15) is 40.2 Å². The van der Waals surface area contributed by atoms with Crippen LogP contribution in [-0.4, -0.2) is 69.7 Å². The Morgan fingerprint density at radius 2 is 1.92 bits per heavy atom. The van der Waals surface area contributed by atoms with Crippen molar-refractivity contribution in [1.29, 1.82) is 0 Å². The zero-order valence-corrected chi connectivity index (χ0v) is 21.6. The molecule has 0 spiro atoms. The summed E-state index contributed by atoms with van der Waals surface area (Å²) in [6, 6.07) is 13.6. The number of pyridine rings is 1. The van der Waals surface area contributed by atoms with Crippen molar-refractivity contribution in [3.8, 4) is 5.75 Å². The molecule has 1 aliphatic rings. The molecular formula is C28H35N5O3. The number of carbonyl (C=O) groups excluding carboxylic acids is 2. The third-order valence-electron chi connectivity index (χ3n) is 7.13. The molecule has 1 fully saturated rings. The number of rotatable bonds is 8. The number of aryl methyl sites for hydroxylation is 2. The monoisotopic (exact) mass is 489 g/mol. The molecule has 36 heavy (non-hydrogen) atoms. The molecule has 1 aromatic carbocycles. The Morgan fingerprint density at radius 3 is 2.56 bits per heavy atom. The van der Waals surface area contributed by atoms with Crippen molar-refractivity contribution in [1.82, 2.24) is 24.6 Å². The van der Waals surface area contributed by atoms with Gasteiger partial charge in [-0.05, 0) is 74.9 Å². The Bertz CT molecular complexity index is 1180. The van der Waals surface area contributed by atoms with Crippen LogP contribution in [0.5, 0.6) is 5.75 Å². The van der Waals surface area contributed by atoms with Crippen LogP contribution in [0.4, 0.5) is 0 Å². The van der Waals surface area contributed by atoms with E-state index < -0.39 is 0 Å². The summed E-state index contributed by atoms with van der Waals surface area (Å²) in [6.07, 6.45) is 5.67. The quantitative estimate of drug-likeness (QED) is 0.484. The lowest BCUT2D eigenvalue weighted by Crippen LogP contribution is -2.49. The van der Waals surface area contributed by atoms with E-state index in [-0.39, 0.29) is 30.3 Å². The van der Waals surface area contributed by atoms with Crippen LogP contribution < -0.4 is 4.74 Å². The molecule has 8 nitrogen and oxygen atoms in total. The molecule has 1 atom stereocenters. The first kappa shape index (κ1) is 25.4. The molecule has 4 rings (SSSR count). The van der Waals surface area contributed by atoms with Crippen LogP contribution in [0.2, 0.25) is 0 Å². The smallest absolute Gasteiger partial charge is 0.255 e. The standard InChI is InChI=1S/C28H35N5O3/c1-20-15-21(2)33(30-20)19-27(34)32-13-10-23(11-14-32)26(17-22-7-5-9-25(16-22)36-4)31(3)28(35)24-8-6-12-29-18-24/h5-9,12,15-16,18,23,26H,10-11,13-14,17,19H2,1-4H3/t26-/m1/s1. The first-order valence-electron chi connectivity index (χ1n) is 12.4. The average molecular weight is 490 g/mol. The number of methoxy groups -OCH3 is 1. The second kappa shape index (κ2) is 11.4. The topological polar surface area (TPSA) is 80.6 Å². The van der Waals surface area contributed by atoms with Crippen LogP contribution in [0.15, 0.2) is 54.9 Å². The molecule has 2 aromatic heterocycles. The summed E-state index contributed by atoms with van der Waals surface area (Å²) in [5.74, 6) is 1.11. The molecule has 1 saturated heterocycles. The third-order valence-corrected chi connectivity index (χ3v) is 7.13. The molecule has 2 amide bonds. The van der Waals surface area contributed by atoms with Gasteiger partial charge in [-0.2, -0.15) is 5.10 Å². The predicted molar refractivity (Wildman–Crippen MR) is 138 cm³/mol. The number of aromatic nitrogens is 3. The normalized spacial score (nSPS) is 14.9. The SMILES string of the molecule is COc1cccc(C[C@H](C2CCN(C(=O)Cn3nc(C)cc3C)CC2)N(C)C(=O)c2cccnc2)c1. The van der Waals surface area contributed by atoms with Crippen molar-refractivity contribution in [3.05, 3.63) is 77.4 Å². The highest BCUT2D eigenvalue weighted by Crippen LogP contribution is 2.28. The molecule has 0 aliphatic carbocycles. The van der Waals surface area contributed by atoms with Crippen LogP contribution in [0.3, 0.4) is 0 Å². The van der Waals surface area contributed by atoms with Crippen molar-refractivity contribution < 1.29 is 14.3 Å². The van der Waals surface area contributed by atoms with E-state index in [1.807, 2.05) is 55.0 Å². The summed E-state index contributed by atoms with van der Waals surface area (Å²) in [4.78, 5) is 34.2. The van der Waals surface area contributed by atoms with Gasteiger partial charge < -0.3 is 14.5 Å². The van der Waals surface area contributed by atoms with Gasteiger partial charge in [0.25, 0.3) is 5.91 Å². The number of carbonyl (C=O) groups is 2. The van der Waals surface area contributed by atoms with Gasteiger partial charge >= 0.3 is 0 Å². The highest BCUT2D eigenvalue weighted by atomic mass is 16.5. The second-order valence-electron chi connectivity index (χ2n) is 9.58. The minimum Gasteiger partial charge on any atom is -0.497 e. The number of hydrogen-bond donors (Lipinski definition) is 0. The van der Waals surface area contributed by atoms with Gasteiger partial charge in [0.05, 0.1) is 18.4 Å². The van der Waals surface area contributed by atoms with E-state index in [0.717, 1.165) is 35.5 Å². The fourth-order valence-electron chi connectivity index (χ4n) is 5.10. The van der Waals surface area contributed by atoms with E-state index in [0.29, 0.717) is 25.1 Å². The van der Waals surface area contributed by atoms with E-state index in [2.05, 4.69) is 16.1 Å². The van der Waals surface area contributed by atoms with Crippen molar-refractivity contribution in [2.45, 2.75) is 45.7 Å². The van der Waals surface area contributed by atoms with Crippen molar-refractivity contribution in [3.63, 3.8) is 0 Å². The lowest BCUT2D eigenvalue weighted by atomic mass is 9.84. The maximum atomic E-state index is 13.3. The molecule has 8 heteroatoms. The van der Waals surface area contributed by atoms with E-state index in [1.54, 1.807) is 36.3 Å². The summed E-state index contributed by atoms with van der Waals surface area (Å²) in [5.41, 5.74) is 3.60. The molecule has 0 N–H and O–H groups in total. The summed E-state index contributed by atoms with van der Waals surface area (Å²) in [5, 5.41) is 4.43. The first-order chi connectivity index (χ1) is 17.4. The molecule has 0 radical (unpaired) electrons. The number of hydrogen-bond acceptors (Lipinski definition) is 5. The first-order valence-corrected chi connectivity index (χ1v) is 12.4. The van der Waals surface area contributed by atoms with Gasteiger partial charge in [0.1, 0.15) is 12.3 Å². The molecular weight excluding hydrogens is 454 g/mol. The van der Waals surface area contributed by atoms with Gasteiger partial charge in [0.2, 0.25) is 5.91 Å². The Hall–Kier alpha value is -3.68. The molecule has 3 aromatic rings. The molecule has 1 aliphatic heterocycles. The highest BCUT2D eigenvalue weighted by molar-refractivity contribution is 5.94. The summed E-state index contributed by atoms with van der Waals surface area (Å²) in [7, 11) is 3.54. The van der Waals surface area contributed by atoms with Crippen LogP contribution in [0.25, 0.3) is 0 Å². The number of piperidine rings is 1. The summed E-state index contributed by atoms with van der Waals surface area (Å²) in [6.45, 7) is 5.51. The van der Waals surface area contributed by atoms with Crippen molar-refractivity contribution in [2.75, 3.05) is 27.2 Å². The second-order valence-corrected chi connectivity index (χ2v) is 9.58. The minimum atomic E-state index is -0.0426. The Morgan fingerprint density at radius 1 is 1.14 bits per heavy atom. The number of nitrogens with zero attached hydrogens (tertiary/aromatic N) is 5. The number of likely N-dealkylation sites (tertiary alicyclic amines) is 1. The van der Waals surface area contributed by atoms with Crippen LogP contribution in [0, 0.1) is 19.8 Å². The Kier molecular flexibility index (Phi) is 8.03. The minimum absolute atomic E-state index is 0.0157. The molecule has 0 unspecified atom stereocenters. The zero-order valence-electron chi connectivity index (χ0n) is 21.6. The lowest BCUT2D eigenvalue weighted by molar-refractivity contribution is -0.133. The van der Waals surface area contributed by atoms with E-state index in [9.17, 15) is 9.59 Å². The molecule has 0 saturated carbocycles.